The van der Waals surface area contributed by atoms with E-state index < -0.39 is 18.6 Å². The van der Waals surface area contributed by atoms with Gasteiger partial charge in [-0.1, -0.05) is 0 Å². The molecule has 0 saturated heterocycles. The number of hydrazine groups is 1. The van der Waals surface area contributed by atoms with Crippen LogP contribution < -0.4 is 17.3 Å². The Balaban J connectivity index is 4.06. The molecule has 0 aliphatic heterocycles. The number of rotatable bonds is 5. The van der Waals surface area contributed by atoms with E-state index in [2.05, 4.69) is 0 Å². The second-order valence-corrected chi connectivity index (χ2v) is 2.56. The molecular formula is C6H14F2N4O. The van der Waals surface area contributed by atoms with Crippen LogP contribution in [0.4, 0.5) is 8.78 Å². The van der Waals surface area contributed by atoms with Crippen LogP contribution in [0.2, 0.25) is 0 Å². The van der Waals surface area contributed by atoms with Crippen LogP contribution in [0.1, 0.15) is 0 Å². The highest BCUT2D eigenvalue weighted by atomic mass is 19.3. The van der Waals surface area contributed by atoms with Gasteiger partial charge in [-0.15, -0.1) is 0 Å². The summed E-state index contributed by atoms with van der Waals surface area (Å²) in [6.07, 6.45) is 2.30. The zero-order valence-electron chi connectivity index (χ0n) is 7.03. The van der Waals surface area contributed by atoms with Crippen molar-refractivity contribution in [3.63, 3.8) is 0 Å². The number of halogens is 2. The predicted molar refractivity (Wildman–Crippen MR) is 44.2 cm³/mol. The molecule has 0 unspecified atom stereocenters. The molecule has 0 aliphatic carbocycles. The fourth-order valence-corrected chi connectivity index (χ4v) is 0.649. The molecule has 0 amide bonds. The third-order valence-electron chi connectivity index (χ3n) is 1.44. The standard InChI is InChI=1S/C6H14F2N4O/c7-6(8,4-13)5(10)3-12(11)2-1-9/h1-2,5,13H,3-4,9-11H2/b2-1-/t5-/m1/s1. The number of hydrogen-bond acceptors (Lipinski definition) is 5. The molecule has 0 rings (SSSR count). The van der Waals surface area contributed by atoms with E-state index in [9.17, 15) is 8.78 Å². The molecule has 0 aromatic rings. The lowest BCUT2D eigenvalue weighted by Gasteiger charge is -2.24. The molecule has 1 atom stereocenters. The summed E-state index contributed by atoms with van der Waals surface area (Å²) < 4.78 is 25.3. The SMILES string of the molecule is N/C=C\N(N)C[C@@H](N)C(F)(F)CO. The molecule has 13 heavy (non-hydrogen) atoms. The minimum absolute atomic E-state index is 0.290. The van der Waals surface area contributed by atoms with Crippen molar-refractivity contribution < 1.29 is 13.9 Å². The van der Waals surface area contributed by atoms with E-state index >= 15 is 0 Å². The number of nitrogens with zero attached hydrogens (tertiary/aromatic N) is 1. The van der Waals surface area contributed by atoms with Gasteiger partial charge >= 0.3 is 0 Å². The summed E-state index contributed by atoms with van der Waals surface area (Å²) in [5, 5.41) is 9.20. The summed E-state index contributed by atoms with van der Waals surface area (Å²) in [6.45, 7) is -1.59. The zero-order valence-corrected chi connectivity index (χ0v) is 7.03. The van der Waals surface area contributed by atoms with Gasteiger partial charge in [0.15, 0.2) is 0 Å². The Labute approximate surface area is 74.7 Å². The Bertz CT molecular complexity index is 176. The molecule has 0 radical (unpaired) electrons. The maximum absolute atomic E-state index is 12.6. The average molecular weight is 196 g/mol. The molecule has 7 N–H and O–H groups in total. The predicted octanol–water partition coefficient (Wildman–Crippen LogP) is -1.45. The molecule has 0 saturated carbocycles. The van der Waals surface area contributed by atoms with Crippen molar-refractivity contribution in [3.05, 3.63) is 12.4 Å². The normalized spacial score (nSPS) is 14.8. The quantitative estimate of drug-likeness (QED) is 0.318. The van der Waals surface area contributed by atoms with Gasteiger partial charge < -0.3 is 21.6 Å². The van der Waals surface area contributed by atoms with Crippen molar-refractivity contribution in [2.45, 2.75) is 12.0 Å². The highest BCUT2D eigenvalue weighted by Crippen LogP contribution is 2.16. The Kier molecular flexibility index (Phi) is 4.60. The summed E-state index contributed by atoms with van der Waals surface area (Å²) in [7, 11) is 0. The van der Waals surface area contributed by atoms with Crippen LogP contribution >= 0.6 is 0 Å². The fraction of sp³-hybridized carbons (Fsp3) is 0.667. The van der Waals surface area contributed by atoms with Crippen LogP contribution in [0.15, 0.2) is 12.4 Å². The lowest BCUT2D eigenvalue weighted by atomic mass is 10.1. The van der Waals surface area contributed by atoms with E-state index in [1.165, 1.54) is 6.20 Å². The molecular weight excluding hydrogens is 182 g/mol. The van der Waals surface area contributed by atoms with Crippen LogP contribution in [0.3, 0.4) is 0 Å². The van der Waals surface area contributed by atoms with Gasteiger partial charge in [-0.2, -0.15) is 0 Å². The zero-order chi connectivity index (χ0) is 10.5. The molecule has 0 aliphatic rings. The maximum Gasteiger partial charge on any atom is 0.287 e. The van der Waals surface area contributed by atoms with Gasteiger partial charge in [0, 0.05) is 12.4 Å². The summed E-state index contributed by atoms with van der Waals surface area (Å²) in [5.41, 5.74) is 10.1. The Morgan fingerprint density at radius 3 is 2.46 bits per heavy atom. The lowest BCUT2D eigenvalue weighted by Crippen LogP contribution is -2.51. The van der Waals surface area contributed by atoms with E-state index in [1.54, 1.807) is 0 Å². The van der Waals surface area contributed by atoms with Gasteiger partial charge in [0.1, 0.15) is 6.61 Å². The van der Waals surface area contributed by atoms with Crippen LogP contribution in [-0.2, 0) is 0 Å². The van der Waals surface area contributed by atoms with Crippen LogP contribution in [0.5, 0.6) is 0 Å². The summed E-state index contributed by atoms with van der Waals surface area (Å²) in [4.78, 5) is 0. The van der Waals surface area contributed by atoms with Crippen molar-refractivity contribution in [1.29, 1.82) is 0 Å². The van der Waals surface area contributed by atoms with Crippen LogP contribution in [-0.4, -0.2) is 35.2 Å². The Morgan fingerprint density at radius 2 is 2.08 bits per heavy atom. The van der Waals surface area contributed by atoms with Crippen molar-refractivity contribution in [3.8, 4) is 0 Å². The molecule has 0 fully saturated rings. The molecule has 7 heteroatoms. The highest BCUT2D eigenvalue weighted by Gasteiger charge is 2.36. The molecule has 0 heterocycles. The molecule has 0 aromatic heterocycles. The topological polar surface area (TPSA) is 102 Å². The van der Waals surface area contributed by atoms with Gasteiger partial charge in [0.25, 0.3) is 5.92 Å². The number of aliphatic hydroxyl groups is 1. The van der Waals surface area contributed by atoms with Crippen LogP contribution in [0.25, 0.3) is 0 Å². The van der Waals surface area contributed by atoms with Gasteiger partial charge in [0.05, 0.1) is 12.6 Å². The molecule has 78 valence electrons. The highest BCUT2D eigenvalue weighted by molar-refractivity contribution is 4.84. The van der Waals surface area contributed by atoms with E-state index in [4.69, 9.17) is 22.4 Å². The van der Waals surface area contributed by atoms with Crippen LogP contribution in [0, 0.1) is 0 Å². The Hall–Kier alpha value is -0.920. The second kappa shape index (κ2) is 4.95. The van der Waals surface area contributed by atoms with Crippen molar-refractivity contribution in [2.24, 2.45) is 17.3 Å². The third kappa shape index (κ3) is 4.02. The lowest BCUT2D eigenvalue weighted by molar-refractivity contribution is -0.0741. The number of nitrogens with two attached hydrogens (primary N) is 3. The van der Waals surface area contributed by atoms with Gasteiger partial charge in [0.2, 0.25) is 0 Å². The first-order valence-corrected chi connectivity index (χ1v) is 3.58. The summed E-state index contributed by atoms with van der Waals surface area (Å²) in [5.74, 6) is 1.87. The van der Waals surface area contributed by atoms with E-state index in [1.807, 2.05) is 0 Å². The van der Waals surface area contributed by atoms with E-state index in [0.717, 1.165) is 11.2 Å². The first kappa shape index (κ1) is 12.1. The molecule has 5 nitrogen and oxygen atoms in total. The summed E-state index contributed by atoms with van der Waals surface area (Å²) >= 11 is 0. The number of aliphatic hydroxyl groups excluding tert-OH is 1. The smallest absolute Gasteiger partial charge is 0.287 e. The molecule has 0 spiro atoms. The second-order valence-electron chi connectivity index (χ2n) is 2.56. The third-order valence-corrected chi connectivity index (χ3v) is 1.44. The van der Waals surface area contributed by atoms with E-state index in [0.29, 0.717) is 0 Å². The monoisotopic (exact) mass is 196 g/mol. The van der Waals surface area contributed by atoms with Gasteiger partial charge in [-0.25, -0.2) is 14.6 Å². The van der Waals surface area contributed by atoms with Crippen molar-refractivity contribution in [2.75, 3.05) is 13.2 Å². The molecule has 0 aromatic carbocycles. The molecule has 0 bridgehead atoms. The van der Waals surface area contributed by atoms with Crippen molar-refractivity contribution in [1.82, 2.24) is 5.01 Å². The first-order valence-electron chi connectivity index (χ1n) is 3.58. The maximum atomic E-state index is 12.6. The van der Waals surface area contributed by atoms with Gasteiger partial charge in [-0.3, -0.25) is 0 Å². The van der Waals surface area contributed by atoms with Crippen molar-refractivity contribution >= 4 is 0 Å². The largest absolute Gasteiger partial charge is 0.403 e. The average Bonchev–Trinajstić information content (AvgIpc) is 2.04. The van der Waals surface area contributed by atoms with E-state index in [-0.39, 0.29) is 6.54 Å². The minimum Gasteiger partial charge on any atom is -0.403 e. The van der Waals surface area contributed by atoms with Gasteiger partial charge in [-0.05, 0) is 0 Å². The Morgan fingerprint density at radius 1 is 1.54 bits per heavy atom. The number of alkyl halides is 2. The summed E-state index contributed by atoms with van der Waals surface area (Å²) in [6, 6.07) is -1.53. The minimum atomic E-state index is -3.33. The number of hydrogen-bond donors (Lipinski definition) is 4. The fourth-order valence-electron chi connectivity index (χ4n) is 0.649. The first-order chi connectivity index (χ1) is 5.94.